The van der Waals surface area contributed by atoms with E-state index < -0.39 is 8.25 Å². The van der Waals surface area contributed by atoms with E-state index in [4.69, 9.17) is 0 Å². The molecule has 0 aromatic heterocycles. The summed E-state index contributed by atoms with van der Waals surface area (Å²) in [7, 11) is -2.73. The first-order valence-corrected chi connectivity index (χ1v) is 7.73. The lowest BCUT2D eigenvalue weighted by Gasteiger charge is -2.01. The monoisotopic (exact) mass is 284 g/mol. The summed E-state index contributed by atoms with van der Waals surface area (Å²) in [6.07, 6.45) is 10.5. The minimum atomic E-state index is -2.73. The van der Waals surface area contributed by atoms with Crippen LogP contribution in [0, 0.1) is 0 Å². The lowest BCUT2D eigenvalue weighted by Crippen LogP contribution is -1.92. The Bertz CT molecular complexity index is 364. The van der Waals surface area contributed by atoms with Crippen molar-refractivity contribution in [1.29, 1.82) is 0 Å². The van der Waals surface area contributed by atoms with Crippen LogP contribution in [0.1, 0.15) is 53.4 Å². The van der Waals surface area contributed by atoms with Crippen LogP contribution in [0.4, 0.5) is 0 Å². The molecular weight excluding hydrogens is 259 g/mol. The van der Waals surface area contributed by atoms with Crippen LogP contribution in [0.2, 0.25) is 0 Å². The summed E-state index contributed by atoms with van der Waals surface area (Å²) in [5.41, 5.74) is 3.93. The van der Waals surface area contributed by atoms with Crippen LogP contribution in [0.5, 0.6) is 0 Å². The van der Waals surface area contributed by atoms with E-state index in [0.717, 1.165) is 31.3 Å². The van der Waals surface area contributed by atoms with Crippen LogP contribution in [0.15, 0.2) is 34.9 Å². The molecule has 0 bridgehead atoms. The number of hydrogen-bond acceptors (Lipinski definition) is 3. The van der Waals surface area contributed by atoms with E-state index in [-0.39, 0.29) is 6.61 Å². The second-order valence-electron chi connectivity index (χ2n) is 4.98. The van der Waals surface area contributed by atoms with E-state index in [9.17, 15) is 9.46 Å². The van der Waals surface area contributed by atoms with Crippen LogP contribution in [-0.4, -0.2) is 6.61 Å². The molecule has 0 heterocycles. The number of allylic oxidation sites excluding steroid dienone is 5. The molecule has 0 aromatic rings. The minimum Gasteiger partial charge on any atom is -0.566 e. The average molecular weight is 284 g/mol. The maximum atomic E-state index is 10.2. The van der Waals surface area contributed by atoms with Gasteiger partial charge in [-0.05, 0) is 57.9 Å². The van der Waals surface area contributed by atoms with Gasteiger partial charge >= 0.3 is 8.25 Å². The van der Waals surface area contributed by atoms with Crippen molar-refractivity contribution in [3.05, 3.63) is 34.9 Å². The highest BCUT2D eigenvalue weighted by molar-refractivity contribution is 7.30. The van der Waals surface area contributed by atoms with Crippen molar-refractivity contribution in [1.82, 2.24) is 0 Å². The van der Waals surface area contributed by atoms with E-state index in [2.05, 4.69) is 37.4 Å². The van der Waals surface area contributed by atoms with Gasteiger partial charge in [0.05, 0.1) is 0 Å². The Morgan fingerprint density at radius 1 is 1.00 bits per heavy atom. The van der Waals surface area contributed by atoms with Gasteiger partial charge in [-0.15, -0.1) is 4.52 Å². The second-order valence-corrected chi connectivity index (χ2v) is 5.68. The zero-order chi connectivity index (χ0) is 14.7. The normalized spacial score (nSPS) is 13.4. The van der Waals surface area contributed by atoms with Crippen molar-refractivity contribution in [2.45, 2.75) is 53.4 Å². The minimum absolute atomic E-state index is 0.147. The summed E-state index contributed by atoms with van der Waals surface area (Å²) >= 11 is 0. The van der Waals surface area contributed by atoms with Gasteiger partial charge in [-0.25, -0.2) is 0 Å². The van der Waals surface area contributed by atoms with Gasteiger partial charge in [0.15, 0.2) is 0 Å². The van der Waals surface area contributed by atoms with Crippen LogP contribution < -0.4 is 4.89 Å². The van der Waals surface area contributed by atoms with E-state index >= 15 is 0 Å². The summed E-state index contributed by atoms with van der Waals surface area (Å²) in [4.78, 5) is 10.2. The van der Waals surface area contributed by atoms with Crippen LogP contribution >= 0.6 is 8.25 Å². The fraction of sp³-hybridized carbons (Fsp3) is 0.600. The Morgan fingerprint density at radius 2 is 1.53 bits per heavy atom. The van der Waals surface area contributed by atoms with Gasteiger partial charge in [-0.2, -0.15) is 0 Å². The molecule has 0 saturated carbocycles. The highest BCUT2D eigenvalue weighted by Crippen LogP contribution is 2.13. The molecule has 0 amide bonds. The molecule has 0 aromatic carbocycles. The first-order chi connectivity index (χ1) is 8.91. The number of rotatable bonds is 9. The largest absolute Gasteiger partial charge is 0.566 e. The molecule has 0 spiro atoms. The molecule has 0 N–H and O–H groups in total. The summed E-state index contributed by atoms with van der Waals surface area (Å²) in [5.74, 6) is 0. The fourth-order valence-corrected chi connectivity index (χ4v) is 1.78. The smallest absolute Gasteiger partial charge is 0.488 e. The zero-order valence-electron chi connectivity index (χ0n) is 12.4. The lowest BCUT2D eigenvalue weighted by molar-refractivity contribution is -0.184. The summed E-state index contributed by atoms with van der Waals surface area (Å²) in [5, 5.41) is 0. The molecule has 0 rings (SSSR count). The molecule has 0 aliphatic rings. The Hall–Kier alpha value is -0.760. The Morgan fingerprint density at radius 3 is 2.05 bits per heavy atom. The maximum absolute atomic E-state index is 10.2. The molecule has 0 aliphatic heterocycles. The molecule has 108 valence electrons. The zero-order valence-corrected chi connectivity index (χ0v) is 13.3. The molecule has 0 saturated heterocycles. The third-order valence-electron chi connectivity index (χ3n) is 2.73. The molecule has 1 unspecified atom stereocenters. The van der Waals surface area contributed by atoms with Gasteiger partial charge in [0, 0.05) is 0 Å². The van der Waals surface area contributed by atoms with Crippen molar-refractivity contribution >= 4 is 8.25 Å². The first-order valence-electron chi connectivity index (χ1n) is 6.63. The highest BCUT2D eigenvalue weighted by atomic mass is 31.1. The van der Waals surface area contributed by atoms with E-state index in [1.807, 2.05) is 13.0 Å². The molecular formula is C15H25O3P. The second kappa shape index (κ2) is 11.1. The fourth-order valence-electron chi connectivity index (χ4n) is 1.58. The van der Waals surface area contributed by atoms with Crippen LogP contribution in [-0.2, 0) is 9.09 Å². The van der Waals surface area contributed by atoms with Crippen molar-refractivity contribution in [2.24, 2.45) is 0 Å². The van der Waals surface area contributed by atoms with Gasteiger partial charge in [0.2, 0.25) is 0 Å². The third kappa shape index (κ3) is 13.5. The van der Waals surface area contributed by atoms with Crippen molar-refractivity contribution < 1.29 is 14.0 Å². The van der Waals surface area contributed by atoms with Crippen LogP contribution in [0.3, 0.4) is 0 Å². The lowest BCUT2D eigenvalue weighted by atomic mass is 10.1. The Balaban J connectivity index is 3.86. The van der Waals surface area contributed by atoms with Crippen molar-refractivity contribution in [2.75, 3.05) is 6.61 Å². The third-order valence-corrected chi connectivity index (χ3v) is 3.09. The molecule has 1 atom stereocenters. The molecule has 0 radical (unpaired) electrons. The molecule has 4 heteroatoms. The van der Waals surface area contributed by atoms with Crippen molar-refractivity contribution in [3.63, 3.8) is 0 Å². The Kier molecular flexibility index (Phi) is 10.7. The predicted octanol–water partition coefficient (Wildman–Crippen LogP) is 4.44. The molecule has 3 nitrogen and oxygen atoms in total. The van der Waals surface area contributed by atoms with E-state index in [1.54, 1.807) is 0 Å². The standard InChI is InChI=1S/C15H25O3P/c1-13(2)7-5-8-14(3)9-6-10-15(4)11-12-18-19(16)17/h7,9,11H,5-6,8,10,12H2,1-4H3. The van der Waals surface area contributed by atoms with E-state index in [0.29, 0.717) is 0 Å². The number of hydrogen-bond donors (Lipinski definition) is 0. The topological polar surface area (TPSA) is 49.4 Å². The molecule has 19 heavy (non-hydrogen) atoms. The van der Waals surface area contributed by atoms with Crippen molar-refractivity contribution in [3.8, 4) is 0 Å². The van der Waals surface area contributed by atoms with Crippen LogP contribution in [0.25, 0.3) is 0 Å². The Labute approximate surface area is 118 Å². The first kappa shape index (κ1) is 18.2. The summed E-state index contributed by atoms with van der Waals surface area (Å²) in [6, 6.07) is 0. The van der Waals surface area contributed by atoms with Gasteiger partial charge in [-0.1, -0.05) is 34.9 Å². The maximum Gasteiger partial charge on any atom is 0.488 e. The summed E-state index contributed by atoms with van der Waals surface area (Å²) < 4.78 is 14.7. The summed E-state index contributed by atoms with van der Waals surface area (Å²) in [6.45, 7) is 8.53. The van der Waals surface area contributed by atoms with Gasteiger partial charge in [-0.3, -0.25) is 0 Å². The molecule has 0 fully saturated rings. The van der Waals surface area contributed by atoms with Gasteiger partial charge in [0.25, 0.3) is 0 Å². The highest BCUT2D eigenvalue weighted by Gasteiger charge is 1.98. The van der Waals surface area contributed by atoms with E-state index in [1.165, 1.54) is 11.1 Å². The average Bonchev–Trinajstić information content (AvgIpc) is 2.27. The molecule has 0 aliphatic carbocycles. The predicted molar refractivity (Wildman–Crippen MR) is 79.0 cm³/mol. The SMILES string of the molecule is CC(C)=CCCC(C)=CCCC(C)=CCO[P+](=O)[O-]. The quantitative estimate of drug-likeness (QED) is 0.464. The van der Waals surface area contributed by atoms with Gasteiger partial charge in [0.1, 0.15) is 6.61 Å². The van der Waals surface area contributed by atoms with Gasteiger partial charge < -0.3 is 4.89 Å².